The van der Waals surface area contributed by atoms with Crippen LogP contribution in [0.25, 0.3) is 0 Å². The summed E-state index contributed by atoms with van der Waals surface area (Å²) in [6, 6.07) is 11.5. The van der Waals surface area contributed by atoms with Crippen LogP contribution in [0.5, 0.6) is 0 Å². The van der Waals surface area contributed by atoms with Gasteiger partial charge in [0, 0.05) is 30.2 Å². The highest BCUT2D eigenvalue weighted by Crippen LogP contribution is 2.38. The Hall–Kier alpha value is -0.860. The van der Waals surface area contributed by atoms with Gasteiger partial charge in [-0.25, -0.2) is 0 Å². The first kappa shape index (κ1) is 14.1. The lowest BCUT2D eigenvalue weighted by atomic mass is 9.86. The standard InChI is InChI=1S/C18H28N2/c1-15(16-9-5-4-6-10-16)20-13-17(2,3)19-18(14-20)11-7-8-12-18/h4-6,9-10,15,19H,7-8,11-14H2,1-3H3. The van der Waals surface area contributed by atoms with E-state index in [1.54, 1.807) is 0 Å². The normalized spacial score (nSPS) is 26.8. The maximum absolute atomic E-state index is 3.96. The number of hydrogen-bond donors (Lipinski definition) is 1. The molecule has 2 nitrogen and oxygen atoms in total. The molecule has 1 saturated heterocycles. The molecule has 3 rings (SSSR count). The molecule has 1 heterocycles. The summed E-state index contributed by atoms with van der Waals surface area (Å²) < 4.78 is 0. The number of nitrogens with zero attached hydrogens (tertiary/aromatic N) is 1. The summed E-state index contributed by atoms with van der Waals surface area (Å²) in [4.78, 5) is 2.69. The Labute approximate surface area is 123 Å². The van der Waals surface area contributed by atoms with Gasteiger partial charge in [-0.05, 0) is 39.2 Å². The zero-order chi connectivity index (χ0) is 14.2. The van der Waals surface area contributed by atoms with Crippen molar-refractivity contribution in [2.75, 3.05) is 13.1 Å². The monoisotopic (exact) mass is 272 g/mol. The van der Waals surface area contributed by atoms with E-state index in [0.29, 0.717) is 11.6 Å². The van der Waals surface area contributed by atoms with Gasteiger partial charge in [0.05, 0.1) is 0 Å². The van der Waals surface area contributed by atoms with Gasteiger partial charge in [-0.15, -0.1) is 0 Å². The highest BCUT2D eigenvalue weighted by Gasteiger charge is 2.45. The number of benzene rings is 1. The van der Waals surface area contributed by atoms with Gasteiger partial charge in [0.25, 0.3) is 0 Å². The minimum atomic E-state index is 0.214. The first-order valence-electron chi connectivity index (χ1n) is 8.08. The van der Waals surface area contributed by atoms with Gasteiger partial charge in [0.1, 0.15) is 0 Å². The quantitative estimate of drug-likeness (QED) is 0.882. The fourth-order valence-electron chi connectivity index (χ4n) is 4.30. The Morgan fingerprint density at radius 2 is 1.70 bits per heavy atom. The van der Waals surface area contributed by atoms with Crippen molar-refractivity contribution in [3.05, 3.63) is 35.9 Å². The van der Waals surface area contributed by atoms with Crippen molar-refractivity contribution in [3.63, 3.8) is 0 Å². The molecular formula is C18H28N2. The Balaban J connectivity index is 1.82. The van der Waals surface area contributed by atoms with Gasteiger partial charge in [0.15, 0.2) is 0 Å². The van der Waals surface area contributed by atoms with Crippen molar-refractivity contribution in [1.82, 2.24) is 10.2 Å². The van der Waals surface area contributed by atoms with Crippen LogP contribution in [0.3, 0.4) is 0 Å². The number of piperazine rings is 1. The molecule has 1 atom stereocenters. The molecule has 0 aromatic heterocycles. The maximum atomic E-state index is 3.96. The van der Waals surface area contributed by atoms with Crippen molar-refractivity contribution < 1.29 is 0 Å². The summed E-state index contributed by atoms with van der Waals surface area (Å²) >= 11 is 0. The zero-order valence-corrected chi connectivity index (χ0v) is 13.2. The largest absolute Gasteiger partial charge is 0.304 e. The molecule has 110 valence electrons. The lowest BCUT2D eigenvalue weighted by Crippen LogP contribution is -2.68. The predicted molar refractivity (Wildman–Crippen MR) is 84.8 cm³/mol. The molecule has 1 aliphatic carbocycles. The van der Waals surface area contributed by atoms with Gasteiger partial charge in [0.2, 0.25) is 0 Å². The molecule has 1 N–H and O–H groups in total. The second-order valence-electron chi connectivity index (χ2n) is 7.49. The Kier molecular flexibility index (Phi) is 3.64. The van der Waals surface area contributed by atoms with Crippen LogP contribution in [0.1, 0.15) is 58.1 Å². The van der Waals surface area contributed by atoms with E-state index in [2.05, 4.69) is 61.3 Å². The molecule has 0 amide bonds. The Morgan fingerprint density at radius 1 is 1.05 bits per heavy atom. The minimum absolute atomic E-state index is 0.214. The number of hydrogen-bond acceptors (Lipinski definition) is 2. The average molecular weight is 272 g/mol. The van der Waals surface area contributed by atoms with Crippen molar-refractivity contribution in [2.24, 2.45) is 0 Å². The van der Waals surface area contributed by atoms with E-state index in [-0.39, 0.29) is 5.54 Å². The van der Waals surface area contributed by atoms with Crippen molar-refractivity contribution in [1.29, 1.82) is 0 Å². The van der Waals surface area contributed by atoms with Crippen LogP contribution in [0.4, 0.5) is 0 Å². The Bertz CT molecular complexity index is 446. The van der Waals surface area contributed by atoms with E-state index in [4.69, 9.17) is 0 Å². The molecule has 1 aliphatic heterocycles. The fraction of sp³-hybridized carbons (Fsp3) is 0.667. The first-order valence-corrected chi connectivity index (χ1v) is 8.08. The van der Waals surface area contributed by atoms with Gasteiger partial charge < -0.3 is 5.32 Å². The summed E-state index contributed by atoms with van der Waals surface area (Å²) in [5.74, 6) is 0. The molecule has 1 aromatic rings. The second kappa shape index (κ2) is 5.16. The highest BCUT2D eigenvalue weighted by molar-refractivity contribution is 5.19. The second-order valence-corrected chi connectivity index (χ2v) is 7.49. The number of nitrogens with one attached hydrogen (secondary N) is 1. The van der Waals surface area contributed by atoms with Crippen LogP contribution in [0.15, 0.2) is 30.3 Å². The summed E-state index contributed by atoms with van der Waals surface area (Å²) in [6.45, 7) is 9.41. The van der Waals surface area contributed by atoms with E-state index in [9.17, 15) is 0 Å². The third kappa shape index (κ3) is 2.77. The molecule has 0 radical (unpaired) electrons. The summed E-state index contributed by atoms with van der Waals surface area (Å²) in [7, 11) is 0. The molecule has 1 spiro atoms. The van der Waals surface area contributed by atoms with Gasteiger partial charge in [-0.2, -0.15) is 0 Å². The third-order valence-electron chi connectivity index (χ3n) is 5.10. The smallest absolute Gasteiger partial charge is 0.0321 e. The third-order valence-corrected chi connectivity index (χ3v) is 5.10. The van der Waals surface area contributed by atoms with Gasteiger partial charge in [-0.1, -0.05) is 43.2 Å². The lowest BCUT2D eigenvalue weighted by Gasteiger charge is -2.51. The Morgan fingerprint density at radius 3 is 2.35 bits per heavy atom. The van der Waals surface area contributed by atoms with E-state index in [1.165, 1.54) is 37.8 Å². The van der Waals surface area contributed by atoms with Crippen molar-refractivity contribution in [2.45, 2.75) is 63.6 Å². The molecular weight excluding hydrogens is 244 g/mol. The molecule has 1 aromatic carbocycles. The molecule has 2 aliphatic rings. The molecule has 2 heteroatoms. The number of rotatable bonds is 2. The van der Waals surface area contributed by atoms with Crippen molar-refractivity contribution in [3.8, 4) is 0 Å². The van der Waals surface area contributed by atoms with Crippen molar-refractivity contribution >= 4 is 0 Å². The molecule has 20 heavy (non-hydrogen) atoms. The molecule has 0 bridgehead atoms. The van der Waals surface area contributed by atoms with Crippen LogP contribution in [-0.4, -0.2) is 29.1 Å². The highest BCUT2D eigenvalue weighted by atomic mass is 15.3. The molecule has 2 fully saturated rings. The summed E-state index contributed by atoms with van der Waals surface area (Å²) in [6.07, 6.45) is 5.45. The summed E-state index contributed by atoms with van der Waals surface area (Å²) in [5, 5.41) is 3.96. The van der Waals surface area contributed by atoms with Crippen LogP contribution >= 0.6 is 0 Å². The molecule has 1 saturated carbocycles. The van der Waals surface area contributed by atoms with E-state index >= 15 is 0 Å². The topological polar surface area (TPSA) is 15.3 Å². The van der Waals surface area contributed by atoms with Gasteiger partial charge in [-0.3, -0.25) is 4.90 Å². The average Bonchev–Trinajstić information content (AvgIpc) is 2.84. The summed E-state index contributed by atoms with van der Waals surface area (Å²) in [5.41, 5.74) is 2.02. The van der Waals surface area contributed by atoms with E-state index < -0.39 is 0 Å². The minimum Gasteiger partial charge on any atom is -0.304 e. The first-order chi connectivity index (χ1) is 9.50. The van der Waals surface area contributed by atoms with Crippen LogP contribution in [0, 0.1) is 0 Å². The predicted octanol–water partition coefficient (Wildman–Crippen LogP) is 3.74. The van der Waals surface area contributed by atoms with Gasteiger partial charge >= 0.3 is 0 Å². The van der Waals surface area contributed by atoms with E-state index in [1.807, 2.05) is 0 Å². The van der Waals surface area contributed by atoms with Crippen LogP contribution < -0.4 is 5.32 Å². The molecule has 1 unspecified atom stereocenters. The maximum Gasteiger partial charge on any atom is 0.0321 e. The SMILES string of the molecule is CC(c1ccccc1)N1CC(C)(C)NC2(CCCC2)C1. The van der Waals surface area contributed by atoms with Crippen LogP contribution in [-0.2, 0) is 0 Å². The lowest BCUT2D eigenvalue weighted by molar-refractivity contribution is 0.0372. The van der Waals surface area contributed by atoms with Crippen LogP contribution in [0.2, 0.25) is 0 Å². The van der Waals surface area contributed by atoms with E-state index in [0.717, 1.165) is 6.54 Å². The fourth-order valence-corrected chi connectivity index (χ4v) is 4.30. The zero-order valence-electron chi connectivity index (χ0n) is 13.2.